The predicted molar refractivity (Wildman–Crippen MR) is 91.0 cm³/mol. The van der Waals surface area contributed by atoms with Crippen LogP contribution in [0.4, 0.5) is 0 Å². The molecule has 0 atom stereocenters. The van der Waals surface area contributed by atoms with Crippen LogP contribution in [0.15, 0.2) is 45.8 Å². The molecule has 0 aliphatic carbocycles. The number of halogens is 1. The molecule has 6 nitrogen and oxygen atoms in total. The lowest BCUT2D eigenvalue weighted by Gasteiger charge is -2.14. The van der Waals surface area contributed by atoms with E-state index in [1.165, 1.54) is 44.6 Å². The average molecular weight is 415 g/mol. The van der Waals surface area contributed by atoms with Crippen molar-refractivity contribution in [2.45, 2.75) is 10.6 Å². The van der Waals surface area contributed by atoms with Crippen molar-refractivity contribution in [3.63, 3.8) is 0 Å². The second-order valence-electron chi connectivity index (χ2n) is 4.83. The number of methoxy groups -OCH3 is 2. The molecule has 2 rings (SSSR count). The molecule has 2 aromatic carbocycles. The van der Waals surface area contributed by atoms with Crippen molar-refractivity contribution in [1.29, 1.82) is 0 Å². The number of phenols is 1. The van der Waals surface area contributed by atoms with Crippen LogP contribution in [0.2, 0.25) is 0 Å². The molecule has 1 N–H and O–H groups in total. The maximum absolute atomic E-state index is 12.6. The third-order valence-electron chi connectivity index (χ3n) is 3.34. The number of benzene rings is 2. The SMILES string of the molecule is COC(=O)c1c(CS(=O)(=O)c2ccccc2O)ccc(Br)c1OC. The number of phenolic OH excluding ortho intramolecular Hbond substituents is 1. The zero-order valence-corrected chi connectivity index (χ0v) is 15.3. The summed E-state index contributed by atoms with van der Waals surface area (Å²) in [6, 6.07) is 8.71. The number of aromatic hydroxyl groups is 1. The fraction of sp³-hybridized carbons (Fsp3) is 0.188. The second kappa shape index (κ2) is 7.23. The minimum Gasteiger partial charge on any atom is -0.507 e. The number of para-hydroxylation sites is 1. The van der Waals surface area contributed by atoms with Gasteiger partial charge in [-0.2, -0.15) is 0 Å². The van der Waals surface area contributed by atoms with Crippen LogP contribution in [0.3, 0.4) is 0 Å². The van der Waals surface area contributed by atoms with Gasteiger partial charge in [0.15, 0.2) is 9.84 Å². The monoisotopic (exact) mass is 414 g/mol. The van der Waals surface area contributed by atoms with Gasteiger partial charge in [-0.25, -0.2) is 13.2 Å². The minimum absolute atomic E-state index is 0.0216. The van der Waals surface area contributed by atoms with E-state index < -0.39 is 21.6 Å². The molecular weight excluding hydrogens is 400 g/mol. The Bertz CT molecular complexity index is 876. The van der Waals surface area contributed by atoms with E-state index in [4.69, 9.17) is 9.47 Å². The quantitative estimate of drug-likeness (QED) is 0.756. The molecule has 0 bridgehead atoms. The van der Waals surface area contributed by atoms with E-state index in [0.717, 1.165) is 0 Å². The molecule has 0 heterocycles. The smallest absolute Gasteiger partial charge is 0.342 e. The van der Waals surface area contributed by atoms with E-state index in [9.17, 15) is 18.3 Å². The van der Waals surface area contributed by atoms with Crippen molar-refractivity contribution in [3.05, 3.63) is 52.0 Å². The van der Waals surface area contributed by atoms with Crippen LogP contribution in [0.5, 0.6) is 11.5 Å². The maximum atomic E-state index is 12.6. The number of sulfone groups is 1. The van der Waals surface area contributed by atoms with Crippen LogP contribution < -0.4 is 4.74 Å². The molecule has 0 aliphatic heterocycles. The minimum atomic E-state index is -3.87. The van der Waals surface area contributed by atoms with E-state index in [2.05, 4.69) is 15.9 Å². The molecule has 2 aromatic rings. The summed E-state index contributed by atoms with van der Waals surface area (Å²) in [6.07, 6.45) is 0. The molecule has 0 saturated heterocycles. The number of carbonyl (C=O) groups excluding carboxylic acids is 1. The molecule has 0 saturated carbocycles. The first kappa shape index (κ1) is 18.3. The summed E-state index contributed by atoms with van der Waals surface area (Å²) in [6.45, 7) is 0. The fourth-order valence-corrected chi connectivity index (χ4v) is 4.22. The zero-order valence-electron chi connectivity index (χ0n) is 12.9. The van der Waals surface area contributed by atoms with Crippen molar-refractivity contribution in [2.24, 2.45) is 0 Å². The van der Waals surface area contributed by atoms with E-state index >= 15 is 0 Å². The molecule has 0 spiro atoms. The number of esters is 1. The van der Waals surface area contributed by atoms with Crippen LogP contribution in [0.1, 0.15) is 15.9 Å². The number of rotatable bonds is 5. The van der Waals surface area contributed by atoms with E-state index in [1.807, 2.05) is 0 Å². The third-order valence-corrected chi connectivity index (χ3v) is 5.67. The number of ether oxygens (including phenoxy) is 2. The summed E-state index contributed by atoms with van der Waals surface area (Å²) < 4.78 is 35.6. The van der Waals surface area contributed by atoms with Crippen LogP contribution in [0.25, 0.3) is 0 Å². The Morgan fingerprint density at radius 1 is 1.17 bits per heavy atom. The average Bonchev–Trinajstić information content (AvgIpc) is 2.55. The summed E-state index contributed by atoms with van der Waals surface area (Å²) in [5.41, 5.74) is 0.235. The van der Waals surface area contributed by atoms with Crippen LogP contribution in [-0.4, -0.2) is 33.7 Å². The largest absolute Gasteiger partial charge is 0.507 e. The second-order valence-corrected chi connectivity index (χ2v) is 7.65. The van der Waals surface area contributed by atoms with Gasteiger partial charge < -0.3 is 14.6 Å². The summed E-state index contributed by atoms with van der Waals surface area (Å²) in [4.78, 5) is 11.9. The first-order valence-electron chi connectivity index (χ1n) is 6.76. The molecular formula is C16H15BrO6S. The van der Waals surface area contributed by atoms with Crippen LogP contribution in [0, 0.1) is 0 Å². The molecule has 0 aliphatic rings. The van der Waals surface area contributed by atoms with Gasteiger partial charge in [0, 0.05) is 0 Å². The van der Waals surface area contributed by atoms with Gasteiger partial charge in [-0.3, -0.25) is 0 Å². The van der Waals surface area contributed by atoms with Crippen molar-refractivity contribution in [1.82, 2.24) is 0 Å². The molecule has 0 fully saturated rings. The molecule has 8 heteroatoms. The Morgan fingerprint density at radius 2 is 1.83 bits per heavy atom. The Morgan fingerprint density at radius 3 is 2.42 bits per heavy atom. The standard InChI is InChI=1S/C16H15BrO6S/c1-22-15-11(17)8-7-10(14(15)16(19)23-2)9-24(20,21)13-6-4-3-5-12(13)18/h3-8,18H,9H2,1-2H3. The molecule has 128 valence electrons. The summed E-state index contributed by atoms with van der Waals surface area (Å²) in [5, 5.41) is 9.79. The summed E-state index contributed by atoms with van der Waals surface area (Å²) >= 11 is 3.25. The van der Waals surface area contributed by atoms with Crippen molar-refractivity contribution < 1.29 is 27.8 Å². The molecule has 0 radical (unpaired) electrons. The fourth-order valence-electron chi connectivity index (χ4n) is 2.25. The normalized spacial score (nSPS) is 11.1. The molecule has 0 unspecified atom stereocenters. The third kappa shape index (κ3) is 3.54. The van der Waals surface area contributed by atoms with Gasteiger partial charge in [0.05, 0.1) is 24.4 Å². The highest BCUT2D eigenvalue weighted by Crippen LogP contribution is 2.34. The maximum Gasteiger partial charge on any atom is 0.342 e. The Balaban J connectivity index is 2.58. The molecule has 24 heavy (non-hydrogen) atoms. The van der Waals surface area contributed by atoms with Gasteiger partial charge in [0.1, 0.15) is 22.0 Å². The lowest BCUT2D eigenvalue weighted by Crippen LogP contribution is -2.13. The van der Waals surface area contributed by atoms with E-state index in [0.29, 0.717) is 4.47 Å². The van der Waals surface area contributed by atoms with Gasteiger partial charge in [-0.1, -0.05) is 18.2 Å². The number of carbonyl (C=O) groups is 1. The van der Waals surface area contributed by atoms with Crippen molar-refractivity contribution >= 4 is 31.7 Å². The van der Waals surface area contributed by atoms with Gasteiger partial charge in [-0.15, -0.1) is 0 Å². The first-order valence-corrected chi connectivity index (χ1v) is 9.20. The molecule has 0 amide bonds. The van der Waals surface area contributed by atoms with Crippen LogP contribution >= 0.6 is 15.9 Å². The van der Waals surface area contributed by atoms with Crippen LogP contribution in [-0.2, 0) is 20.3 Å². The number of hydrogen-bond acceptors (Lipinski definition) is 6. The lowest BCUT2D eigenvalue weighted by molar-refractivity contribution is 0.0596. The topological polar surface area (TPSA) is 89.9 Å². The van der Waals surface area contributed by atoms with Gasteiger partial charge in [-0.05, 0) is 39.7 Å². The Hall–Kier alpha value is -2.06. The van der Waals surface area contributed by atoms with Gasteiger partial charge in [0.25, 0.3) is 0 Å². The first-order chi connectivity index (χ1) is 11.3. The number of hydrogen-bond donors (Lipinski definition) is 1. The summed E-state index contributed by atoms with van der Waals surface area (Å²) in [7, 11) is -1.31. The van der Waals surface area contributed by atoms with Crippen molar-refractivity contribution in [3.8, 4) is 11.5 Å². The highest BCUT2D eigenvalue weighted by atomic mass is 79.9. The van der Waals surface area contributed by atoms with Gasteiger partial charge >= 0.3 is 5.97 Å². The zero-order chi connectivity index (χ0) is 17.9. The Kier molecular flexibility index (Phi) is 5.51. The Labute approximate surface area is 148 Å². The van der Waals surface area contributed by atoms with E-state index in [1.54, 1.807) is 6.07 Å². The highest BCUT2D eigenvalue weighted by molar-refractivity contribution is 9.10. The molecule has 0 aromatic heterocycles. The van der Waals surface area contributed by atoms with Crippen molar-refractivity contribution in [2.75, 3.05) is 14.2 Å². The predicted octanol–water partition coefficient (Wildman–Crippen LogP) is 2.92. The summed E-state index contributed by atoms with van der Waals surface area (Å²) in [5.74, 6) is -1.36. The lowest BCUT2D eigenvalue weighted by atomic mass is 10.1. The van der Waals surface area contributed by atoms with E-state index in [-0.39, 0.29) is 27.5 Å². The highest BCUT2D eigenvalue weighted by Gasteiger charge is 2.26. The van der Waals surface area contributed by atoms with Gasteiger partial charge in [0.2, 0.25) is 0 Å².